The van der Waals surface area contributed by atoms with Gasteiger partial charge in [-0.05, 0) is 50.1 Å². The van der Waals surface area contributed by atoms with Crippen LogP contribution in [0, 0.1) is 6.92 Å². The second-order valence-electron chi connectivity index (χ2n) is 6.79. The zero-order valence-corrected chi connectivity index (χ0v) is 17.6. The molecule has 1 aromatic heterocycles. The van der Waals surface area contributed by atoms with Gasteiger partial charge in [-0.1, -0.05) is 49.6 Å². The maximum absolute atomic E-state index is 5.76. The Labute approximate surface area is 171 Å². The highest BCUT2D eigenvalue weighted by Crippen LogP contribution is 2.25. The van der Waals surface area contributed by atoms with E-state index in [0.29, 0.717) is 0 Å². The molecule has 3 rings (SSSR count). The van der Waals surface area contributed by atoms with E-state index < -0.39 is 0 Å². The summed E-state index contributed by atoms with van der Waals surface area (Å²) in [6.45, 7) is 7.04. The molecule has 0 atom stereocenters. The first kappa shape index (κ1) is 20.1. The molecule has 4 nitrogen and oxygen atoms in total. The average molecular weight is 394 g/mol. The summed E-state index contributed by atoms with van der Waals surface area (Å²) in [7, 11) is 0. The van der Waals surface area contributed by atoms with Crippen molar-refractivity contribution in [1.82, 2.24) is 4.98 Å². The molecule has 3 aromatic rings. The zero-order chi connectivity index (χ0) is 19.8. The van der Waals surface area contributed by atoms with Gasteiger partial charge < -0.3 is 4.74 Å². The first-order chi connectivity index (χ1) is 13.7. The summed E-state index contributed by atoms with van der Waals surface area (Å²) < 4.78 is 5.76. The minimum atomic E-state index is 0.773. The molecule has 0 fully saturated rings. The quantitative estimate of drug-likeness (QED) is 0.256. The second-order valence-corrected chi connectivity index (χ2v) is 7.65. The molecule has 0 saturated heterocycles. The van der Waals surface area contributed by atoms with Crippen LogP contribution >= 0.6 is 11.3 Å². The number of thiazole rings is 1. The Hall–Kier alpha value is -2.66. The number of aromatic nitrogens is 1. The lowest BCUT2D eigenvalue weighted by Crippen LogP contribution is -2.01. The van der Waals surface area contributed by atoms with Crippen molar-refractivity contribution in [2.24, 2.45) is 5.10 Å². The normalized spacial score (nSPS) is 11.5. The standard InChI is InChI=1S/C23H27N3OS/c1-4-5-6-15-27-21-13-11-19(12-14-21)18(3)25-26-23-24-22(16-28-23)20-9-7-17(2)8-10-20/h7-14,16H,4-6,15H2,1-3H3,(H,24,26)/b25-18+. The van der Waals surface area contributed by atoms with Gasteiger partial charge in [0.15, 0.2) is 0 Å². The van der Waals surface area contributed by atoms with Crippen molar-refractivity contribution in [2.75, 3.05) is 12.0 Å². The lowest BCUT2D eigenvalue weighted by atomic mass is 10.1. The number of benzene rings is 2. The van der Waals surface area contributed by atoms with Crippen molar-refractivity contribution in [1.29, 1.82) is 0 Å². The largest absolute Gasteiger partial charge is 0.494 e. The van der Waals surface area contributed by atoms with Gasteiger partial charge in [-0.3, -0.25) is 5.43 Å². The van der Waals surface area contributed by atoms with Gasteiger partial charge in [0.05, 0.1) is 18.0 Å². The van der Waals surface area contributed by atoms with Crippen LogP contribution in [0.4, 0.5) is 5.13 Å². The second kappa shape index (κ2) is 10.0. The average Bonchev–Trinajstić information content (AvgIpc) is 3.19. The molecule has 5 heteroatoms. The summed E-state index contributed by atoms with van der Waals surface area (Å²) >= 11 is 1.55. The van der Waals surface area contributed by atoms with E-state index in [4.69, 9.17) is 4.74 Å². The Kier molecular flexibility index (Phi) is 7.20. The van der Waals surface area contributed by atoms with Gasteiger partial charge in [-0.15, -0.1) is 11.3 Å². The lowest BCUT2D eigenvalue weighted by molar-refractivity contribution is 0.306. The molecule has 0 radical (unpaired) electrons. The van der Waals surface area contributed by atoms with Crippen LogP contribution in [0.5, 0.6) is 5.75 Å². The molecule has 0 aliphatic rings. The first-order valence-electron chi connectivity index (χ1n) is 9.72. The van der Waals surface area contributed by atoms with Crippen LogP contribution in [0.2, 0.25) is 0 Å². The van der Waals surface area contributed by atoms with Crippen LogP contribution in [0.1, 0.15) is 44.2 Å². The molecule has 1 N–H and O–H groups in total. The van der Waals surface area contributed by atoms with Gasteiger partial charge in [0.2, 0.25) is 5.13 Å². The molecule has 0 aliphatic carbocycles. The van der Waals surface area contributed by atoms with E-state index in [1.54, 1.807) is 11.3 Å². The summed E-state index contributed by atoms with van der Waals surface area (Å²) in [6.07, 6.45) is 3.51. The Morgan fingerprint density at radius 1 is 1.07 bits per heavy atom. The SMILES string of the molecule is CCCCCOc1ccc(/C(C)=N/Nc2nc(-c3ccc(C)cc3)cs2)cc1. The third kappa shape index (κ3) is 5.67. The van der Waals surface area contributed by atoms with Crippen LogP contribution in [-0.4, -0.2) is 17.3 Å². The molecule has 146 valence electrons. The highest BCUT2D eigenvalue weighted by Gasteiger charge is 2.05. The van der Waals surface area contributed by atoms with Gasteiger partial charge in [0.25, 0.3) is 0 Å². The summed E-state index contributed by atoms with van der Waals surface area (Å²) in [5.74, 6) is 0.906. The van der Waals surface area contributed by atoms with E-state index in [1.807, 2.05) is 36.6 Å². The van der Waals surface area contributed by atoms with E-state index in [2.05, 4.69) is 53.6 Å². The van der Waals surface area contributed by atoms with E-state index in [9.17, 15) is 0 Å². The molecular formula is C23H27N3OS. The van der Waals surface area contributed by atoms with E-state index in [-0.39, 0.29) is 0 Å². The van der Waals surface area contributed by atoms with Gasteiger partial charge in [-0.25, -0.2) is 4.98 Å². The molecule has 1 heterocycles. The third-order valence-electron chi connectivity index (χ3n) is 4.46. The summed E-state index contributed by atoms with van der Waals surface area (Å²) in [5.41, 5.74) is 8.36. The van der Waals surface area contributed by atoms with E-state index in [1.165, 1.54) is 18.4 Å². The number of unbranched alkanes of at least 4 members (excludes halogenated alkanes) is 2. The minimum absolute atomic E-state index is 0.773. The monoisotopic (exact) mass is 393 g/mol. The van der Waals surface area contributed by atoms with Crippen molar-refractivity contribution in [3.8, 4) is 17.0 Å². The lowest BCUT2D eigenvalue weighted by Gasteiger charge is -2.07. The number of hydrazone groups is 1. The van der Waals surface area contributed by atoms with Gasteiger partial charge in [0.1, 0.15) is 5.75 Å². The third-order valence-corrected chi connectivity index (χ3v) is 5.21. The van der Waals surface area contributed by atoms with Gasteiger partial charge in [-0.2, -0.15) is 5.10 Å². The minimum Gasteiger partial charge on any atom is -0.494 e. The molecule has 0 unspecified atom stereocenters. The fourth-order valence-electron chi connectivity index (χ4n) is 2.71. The molecule has 0 amide bonds. The topological polar surface area (TPSA) is 46.5 Å². The molecule has 0 aliphatic heterocycles. The maximum atomic E-state index is 5.76. The molecule has 0 spiro atoms. The Morgan fingerprint density at radius 2 is 1.82 bits per heavy atom. The molecule has 0 saturated carbocycles. The first-order valence-corrected chi connectivity index (χ1v) is 10.6. The number of anilines is 1. The maximum Gasteiger partial charge on any atom is 0.203 e. The fraction of sp³-hybridized carbons (Fsp3) is 0.304. The summed E-state index contributed by atoms with van der Waals surface area (Å²) in [4.78, 5) is 4.62. The molecule has 0 bridgehead atoms. The zero-order valence-electron chi connectivity index (χ0n) is 16.7. The number of aryl methyl sites for hydroxylation is 1. The van der Waals surface area contributed by atoms with Gasteiger partial charge in [0, 0.05) is 10.9 Å². The predicted octanol–water partition coefficient (Wildman–Crippen LogP) is 6.52. The Balaban J connectivity index is 1.57. The fourth-order valence-corrected chi connectivity index (χ4v) is 3.37. The van der Waals surface area contributed by atoms with Crippen molar-refractivity contribution >= 4 is 22.2 Å². The summed E-state index contributed by atoms with van der Waals surface area (Å²) in [6, 6.07) is 16.5. The van der Waals surface area contributed by atoms with Crippen molar-refractivity contribution in [2.45, 2.75) is 40.0 Å². The van der Waals surface area contributed by atoms with Gasteiger partial charge >= 0.3 is 0 Å². The number of hydrogen-bond donors (Lipinski definition) is 1. The number of hydrogen-bond acceptors (Lipinski definition) is 5. The molecule has 2 aromatic carbocycles. The Morgan fingerprint density at radius 3 is 2.54 bits per heavy atom. The van der Waals surface area contributed by atoms with Crippen molar-refractivity contribution < 1.29 is 4.74 Å². The predicted molar refractivity (Wildman–Crippen MR) is 120 cm³/mol. The number of rotatable bonds is 9. The van der Waals surface area contributed by atoms with E-state index >= 15 is 0 Å². The van der Waals surface area contributed by atoms with Crippen molar-refractivity contribution in [3.63, 3.8) is 0 Å². The van der Waals surface area contributed by atoms with Crippen LogP contribution < -0.4 is 10.2 Å². The highest BCUT2D eigenvalue weighted by atomic mass is 32.1. The van der Waals surface area contributed by atoms with Crippen LogP contribution in [0.25, 0.3) is 11.3 Å². The van der Waals surface area contributed by atoms with Crippen LogP contribution in [-0.2, 0) is 0 Å². The smallest absolute Gasteiger partial charge is 0.203 e. The summed E-state index contributed by atoms with van der Waals surface area (Å²) in [5, 5.41) is 7.30. The molecular weight excluding hydrogens is 366 g/mol. The van der Waals surface area contributed by atoms with Crippen LogP contribution in [0.3, 0.4) is 0 Å². The number of nitrogens with zero attached hydrogens (tertiary/aromatic N) is 2. The van der Waals surface area contributed by atoms with Crippen molar-refractivity contribution in [3.05, 3.63) is 65.0 Å². The highest BCUT2D eigenvalue weighted by molar-refractivity contribution is 7.14. The Bertz CT molecular complexity index is 898. The van der Waals surface area contributed by atoms with E-state index in [0.717, 1.165) is 46.4 Å². The number of nitrogens with one attached hydrogen (secondary N) is 1. The van der Waals surface area contributed by atoms with Crippen LogP contribution in [0.15, 0.2) is 59.0 Å². The molecule has 28 heavy (non-hydrogen) atoms. The number of ether oxygens (including phenoxy) is 1.